The van der Waals surface area contributed by atoms with Gasteiger partial charge in [-0.05, 0) is 35.7 Å². The fourth-order valence-electron chi connectivity index (χ4n) is 2.25. The molecular weight excluding hydrogens is 238 g/mol. The monoisotopic (exact) mass is 257 g/mol. The first kappa shape index (κ1) is 13.0. The molecule has 4 atom stereocenters. The van der Waals surface area contributed by atoms with Crippen LogP contribution in [0.3, 0.4) is 0 Å². The number of thiophene rings is 1. The molecule has 1 aliphatic rings. The molecule has 0 unspecified atom stereocenters. The van der Waals surface area contributed by atoms with Gasteiger partial charge in [0.25, 0.3) is 0 Å². The molecule has 1 aliphatic heterocycles. The van der Waals surface area contributed by atoms with Crippen LogP contribution < -0.4 is 0 Å². The highest BCUT2D eigenvalue weighted by Gasteiger charge is 2.38. The Morgan fingerprint density at radius 3 is 2.76 bits per heavy atom. The average molecular weight is 257 g/mol. The standard InChI is InChI=1S/C12H19NO3S/c1-8-11(15)12(16)10(14)6-13(8)4-2-9-3-5-17-7-9/h3,5,7-8,10-12,14-16H,2,4,6H2,1H3/t8-,10+,11-,12-/m1/s1. The van der Waals surface area contributed by atoms with Gasteiger partial charge in [0.15, 0.2) is 0 Å². The van der Waals surface area contributed by atoms with Crippen molar-refractivity contribution in [3.05, 3.63) is 22.4 Å². The summed E-state index contributed by atoms with van der Waals surface area (Å²) in [5.74, 6) is 0. The molecule has 0 spiro atoms. The molecule has 0 saturated carbocycles. The van der Waals surface area contributed by atoms with E-state index in [1.807, 2.05) is 17.2 Å². The van der Waals surface area contributed by atoms with Gasteiger partial charge in [-0.1, -0.05) is 0 Å². The number of aliphatic hydroxyl groups is 3. The molecule has 4 nitrogen and oxygen atoms in total. The first-order valence-corrected chi connectivity index (χ1v) is 6.83. The number of nitrogens with zero attached hydrogens (tertiary/aromatic N) is 1. The Bertz CT molecular complexity index is 344. The minimum Gasteiger partial charge on any atom is -0.389 e. The van der Waals surface area contributed by atoms with Crippen LogP contribution in [0, 0.1) is 0 Å². The van der Waals surface area contributed by atoms with Crippen LogP contribution in [0.1, 0.15) is 12.5 Å². The third kappa shape index (κ3) is 2.86. The predicted molar refractivity (Wildman–Crippen MR) is 67.1 cm³/mol. The lowest BCUT2D eigenvalue weighted by molar-refractivity contribution is -0.132. The molecule has 0 aromatic carbocycles. The van der Waals surface area contributed by atoms with E-state index in [0.29, 0.717) is 6.54 Å². The molecule has 5 heteroatoms. The topological polar surface area (TPSA) is 63.9 Å². The molecule has 2 rings (SSSR count). The lowest BCUT2D eigenvalue weighted by Gasteiger charge is -2.42. The van der Waals surface area contributed by atoms with Gasteiger partial charge in [0.1, 0.15) is 6.10 Å². The van der Waals surface area contributed by atoms with Crippen LogP contribution >= 0.6 is 11.3 Å². The van der Waals surface area contributed by atoms with Crippen LogP contribution in [0.4, 0.5) is 0 Å². The van der Waals surface area contributed by atoms with E-state index in [9.17, 15) is 15.3 Å². The van der Waals surface area contributed by atoms with Crippen molar-refractivity contribution in [2.45, 2.75) is 37.7 Å². The minimum atomic E-state index is -1.03. The van der Waals surface area contributed by atoms with Crippen LogP contribution in [0.15, 0.2) is 16.8 Å². The van der Waals surface area contributed by atoms with Crippen molar-refractivity contribution in [1.82, 2.24) is 4.90 Å². The number of likely N-dealkylation sites (tertiary alicyclic amines) is 1. The van der Waals surface area contributed by atoms with E-state index in [-0.39, 0.29) is 6.04 Å². The molecule has 1 saturated heterocycles. The van der Waals surface area contributed by atoms with Crippen molar-refractivity contribution in [2.24, 2.45) is 0 Å². The number of β-amino-alcohol motifs (C(OH)–C–C–N with tert-alkyl or cyclic N) is 1. The quantitative estimate of drug-likeness (QED) is 0.717. The van der Waals surface area contributed by atoms with Crippen LogP contribution in [0.25, 0.3) is 0 Å². The molecule has 0 bridgehead atoms. The number of piperidine rings is 1. The molecule has 0 amide bonds. The molecule has 17 heavy (non-hydrogen) atoms. The molecule has 1 aromatic heterocycles. The van der Waals surface area contributed by atoms with E-state index in [1.165, 1.54) is 5.56 Å². The normalized spacial score (nSPS) is 35.1. The van der Waals surface area contributed by atoms with Crippen molar-refractivity contribution >= 4 is 11.3 Å². The van der Waals surface area contributed by atoms with Crippen LogP contribution in [0.2, 0.25) is 0 Å². The van der Waals surface area contributed by atoms with Gasteiger partial charge >= 0.3 is 0 Å². The molecule has 1 fully saturated rings. The highest BCUT2D eigenvalue weighted by atomic mass is 32.1. The average Bonchev–Trinajstić information content (AvgIpc) is 2.82. The Labute approximate surface area is 105 Å². The summed E-state index contributed by atoms with van der Waals surface area (Å²) in [7, 11) is 0. The van der Waals surface area contributed by atoms with E-state index in [2.05, 4.69) is 11.4 Å². The largest absolute Gasteiger partial charge is 0.389 e. The maximum Gasteiger partial charge on any atom is 0.108 e. The first-order valence-electron chi connectivity index (χ1n) is 5.89. The second kappa shape index (κ2) is 5.46. The summed E-state index contributed by atoms with van der Waals surface area (Å²) < 4.78 is 0. The van der Waals surface area contributed by atoms with Crippen molar-refractivity contribution < 1.29 is 15.3 Å². The fraction of sp³-hybridized carbons (Fsp3) is 0.667. The van der Waals surface area contributed by atoms with Gasteiger partial charge in [0, 0.05) is 19.1 Å². The maximum atomic E-state index is 9.79. The summed E-state index contributed by atoms with van der Waals surface area (Å²) in [6.45, 7) is 3.09. The molecule has 2 heterocycles. The molecule has 0 aliphatic carbocycles. The second-order valence-corrected chi connectivity index (χ2v) is 5.45. The van der Waals surface area contributed by atoms with Crippen molar-refractivity contribution in [3.63, 3.8) is 0 Å². The second-order valence-electron chi connectivity index (χ2n) is 4.67. The summed E-state index contributed by atoms with van der Waals surface area (Å²) in [6.07, 6.45) is -1.85. The summed E-state index contributed by atoms with van der Waals surface area (Å²) in [5.41, 5.74) is 1.28. The van der Waals surface area contributed by atoms with Crippen LogP contribution in [0.5, 0.6) is 0 Å². The van der Waals surface area contributed by atoms with Gasteiger partial charge < -0.3 is 15.3 Å². The maximum absolute atomic E-state index is 9.79. The Balaban J connectivity index is 1.92. The van der Waals surface area contributed by atoms with Crippen LogP contribution in [-0.2, 0) is 6.42 Å². The van der Waals surface area contributed by atoms with E-state index in [4.69, 9.17) is 0 Å². The fourth-order valence-corrected chi connectivity index (χ4v) is 2.95. The van der Waals surface area contributed by atoms with Gasteiger partial charge in [0.05, 0.1) is 12.2 Å². The van der Waals surface area contributed by atoms with Gasteiger partial charge in [-0.2, -0.15) is 11.3 Å². The summed E-state index contributed by atoms with van der Waals surface area (Å²) in [4.78, 5) is 2.03. The molecule has 0 radical (unpaired) electrons. The van der Waals surface area contributed by atoms with Gasteiger partial charge in [-0.3, -0.25) is 4.90 Å². The van der Waals surface area contributed by atoms with Crippen molar-refractivity contribution in [2.75, 3.05) is 13.1 Å². The zero-order valence-corrected chi connectivity index (χ0v) is 10.7. The number of hydrogen-bond acceptors (Lipinski definition) is 5. The third-order valence-electron chi connectivity index (χ3n) is 3.50. The van der Waals surface area contributed by atoms with E-state index < -0.39 is 18.3 Å². The Morgan fingerprint density at radius 1 is 1.35 bits per heavy atom. The van der Waals surface area contributed by atoms with E-state index in [0.717, 1.165) is 13.0 Å². The smallest absolute Gasteiger partial charge is 0.108 e. The van der Waals surface area contributed by atoms with Gasteiger partial charge in [-0.15, -0.1) is 0 Å². The van der Waals surface area contributed by atoms with E-state index >= 15 is 0 Å². The Kier molecular flexibility index (Phi) is 4.17. The van der Waals surface area contributed by atoms with Crippen LogP contribution in [-0.4, -0.2) is 57.7 Å². The van der Waals surface area contributed by atoms with Crippen molar-refractivity contribution in [1.29, 1.82) is 0 Å². The third-order valence-corrected chi connectivity index (χ3v) is 4.24. The Morgan fingerprint density at radius 2 is 2.12 bits per heavy atom. The molecule has 96 valence electrons. The molecular formula is C12H19NO3S. The summed E-state index contributed by atoms with van der Waals surface area (Å²) in [5, 5.41) is 33.2. The van der Waals surface area contributed by atoms with Gasteiger partial charge in [-0.25, -0.2) is 0 Å². The SMILES string of the molecule is C[C@@H]1[C@@H](O)[C@H](O)[C@@H](O)CN1CCc1ccsc1. The zero-order chi connectivity index (χ0) is 12.4. The predicted octanol–water partition coefficient (Wildman–Crippen LogP) is 0.0774. The number of aliphatic hydroxyl groups excluding tert-OH is 3. The highest BCUT2D eigenvalue weighted by molar-refractivity contribution is 7.07. The highest BCUT2D eigenvalue weighted by Crippen LogP contribution is 2.19. The first-order chi connectivity index (χ1) is 8.09. The lowest BCUT2D eigenvalue weighted by atomic mass is 9.94. The van der Waals surface area contributed by atoms with Crippen molar-refractivity contribution in [3.8, 4) is 0 Å². The Hall–Kier alpha value is -0.460. The lowest BCUT2D eigenvalue weighted by Crippen LogP contribution is -2.60. The summed E-state index contributed by atoms with van der Waals surface area (Å²) >= 11 is 1.67. The zero-order valence-electron chi connectivity index (χ0n) is 9.86. The number of rotatable bonds is 3. The molecule has 1 aromatic rings. The minimum absolute atomic E-state index is 0.118. The summed E-state index contributed by atoms with van der Waals surface area (Å²) in [6, 6.07) is 1.97. The molecule has 3 N–H and O–H groups in total. The number of hydrogen-bond donors (Lipinski definition) is 3. The van der Waals surface area contributed by atoms with E-state index in [1.54, 1.807) is 11.3 Å². The van der Waals surface area contributed by atoms with Gasteiger partial charge in [0.2, 0.25) is 0 Å².